The van der Waals surface area contributed by atoms with E-state index in [2.05, 4.69) is 15.6 Å². The average Bonchev–Trinajstić information content (AvgIpc) is 3.14. The minimum absolute atomic E-state index is 0.0910. The number of aryl methyl sites for hydroxylation is 1. The first kappa shape index (κ1) is 19.5. The standard InChI is InChI=1S/C20H19F3N4O/c21-20(22,23)16-8-4-9-17(14-16)26-19(28)25-10-5-12-27-13-11-24-18(27)15-6-2-1-3-7-15/h1-4,6-9,11,13-14H,5,10,12H2,(H2,25,26,28). The summed E-state index contributed by atoms with van der Waals surface area (Å²) < 4.78 is 40.1. The van der Waals surface area contributed by atoms with Gasteiger partial charge in [0, 0.05) is 36.7 Å². The van der Waals surface area contributed by atoms with Gasteiger partial charge in [0.25, 0.3) is 0 Å². The lowest BCUT2D eigenvalue weighted by Crippen LogP contribution is -2.30. The van der Waals surface area contributed by atoms with Gasteiger partial charge in [-0.25, -0.2) is 9.78 Å². The lowest BCUT2D eigenvalue weighted by atomic mass is 10.2. The molecule has 3 rings (SSSR count). The fraction of sp³-hybridized carbons (Fsp3) is 0.200. The Balaban J connectivity index is 1.48. The number of anilines is 1. The fourth-order valence-electron chi connectivity index (χ4n) is 2.74. The summed E-state index contributed by atoms with van der Waals surface area (Å²) in [6.45, 7) is 1.02. The molecule has 1 aromatic heterocycles. The molecular weight excluding hydrogens is 369 g/mol. The van der Waals surface area contributed by atoms with Crippen molar-refractivity contribution in [3.05, 3.63) is 72.6 Å². The van der Waals surface area contributed by atoms with Crippen molar-refractivity contribution in [3.8, 4) is 11.4 Å². The van der Waals surface area contributed by atoms with E-state index in [4.69, 9.17) is 0 Å². The van der Waals surface area contributed by atoms with E-state index >= 15 is 0 Å². The van der Waals surface area contributed by atoms with Gasteiger partial charge in [-0.05, 0) is 24.6 Å². The number of aromatic nitrogens is 2. The minimum atomic E-state index is -4.45. The van der Waals surface area contributed by atoms with Crippen LogP contribution in [0.3, 0.4) is 0 Å². The molecule has 0 aliphatic rings. The molecule has 0 saturated carbocycles. The summed E-state index contributed by atoms with van der Waals surface area (Å²) in [5, 5.41) is 5.06. The van der Waals surface area contributed by atoms with Gasteiger partial charge in [0.2, 0.25) is 0 Å². The molecule has 2 aromatic carbocycles. The highest BCUT2D eigenvalue weighted by atomic mass is 19.4. The second-order valence-electron chi connectivity index (χ2n) is 6.12. The van der Waals surface area contributed by atoms with E-state index < -0.39 is 17.8 Å². The predicted molar refractivity (Wildman–Crippen MR) is 101 cm³/mol. The van der Waals surface area contributed by atoms with Crippen molar-refractivity contribution in [3.63, 3.8) is 0 Å². The fourth-order valence-corrected chi connectivity index (χ4v) is 2.74. The van der Waals surface area contributed by atoms with Gasteiger partial charge < -0.3 is 15.2 Å². The Hall–Kier alpha value is -3.29. The van der Waals surface area contributed by atoms with E-state index in [1.165, 1.54) is 12.1 Å². The molecule has 0 unspecified atom stereocenters. The van der Waals surface area contributed by atoms with Gasteiger partial charge >= 0.3 is 12.2 Å². The van der Waals surface area contributed by atoms with Crippen LogP contribution in [0.4, 0.5) is 23.7 Å². The zero-order valence-corrected chi connectivity index (χ0v) is 14.9. The molecule has 0 radical (unpaired) electrons. The summed E-state index contributed by atoms with van der Waals surface area (Å²) in [6, 6.07) is 13.7. The Bertz CT molecular complexity index is 922. The predicted octanol–water partition coefficient (Wildman–Crippen LogP) is 4.78. The molecule has 0 fully saturated rings. The van der Waals surface area contributed by atoms with Gasteiger partial charge in [0.1, 0.15) is 5.82 Å². The normalized spacial score (nSPS) is 11.2. The number of nitrogens with zero attached hydrogens (tertiary/aromatic N) is 2. The highest BCUT2D eigenvalue weighted by Crippen LogP contribution is 2.30. The minimum Gasteiger partial charge on any atom is -0.338 e. The van der Waals surface area contributed by atoms with Crippen LogP contribution in [-0.4, -0.2) is 22.1 Å². The molecule has 0 spiro atoms. The van der Waals surface area contributed by atoms with Crippen LogP contribution in [0.15, 0.2) is 67.0 Å². The molecule has 0 atom stereocenters. The number of urea groups is 1. The number of halogens is 3. The molecule has 8 heteroatoms. The SMILES string of the molecule is O=C(NCCCn1ccnc1-c1ccccc1)Nc1cccc(C(F)(F)F)c1. The third-order valence-electron chi connectivity index (χ3n) is 4.06. The summed E-state index contributed by atoms with van der Waals surface area (Å²) >= 11 is 0. The van der Waals surface area contributed by atoms with E-state index in [1.54, 1.807) is 6.20 Å². The maximum absolute atomic E-state index is 12.7. The summed E-state index contributed by atoms with van der Waals surface area (Å²) in [4.78, 5) is 16.3. The first-order chi connectivity index (χ1) is 13.4. The molecule has 28 heavy (non-hydrogen) atoms. The second kappa shape index (κ2) is 8.60. The Labute approximate surface area is 160 Å². The molecule has 2 amide bonds. The number of hydrogen-bond acceptors (Lipinski definition) is 2. The highest BCUT2D eigenvalue weighted by Gasteiger charge is 2.30. The van der Waals surface area contributed by atoms with Crippen molar-refractivity contribution < 1.29 is 18.0 Å². The number of benzene rings is 2. The van der Waals surface area contributed by atoms with Crippen molar-refractivity contribution in [1.82, 2.24) is 14.9 Å². The van der Waals surface area contributed by atoms with E-state index in [0.717, 1.165) is 23.5 Å². The van der Waals surface area contributed by atoms with E-state index in [1.807, 2.05) is 41.1 Å². The molecule has 0 aliphatic heterocycles. The largest absolute Gasteiger partial charge is 0.416 e. The Kier molecular flexibility index (Phi) is 5.98. The summed E-state index contributed by atoms with van der Waals surface area (Å²) in [5.74, 6) is 0.842. The third kappa shape index (κ3) is 5.12. The van der Waals surface area contributed by atoms with E-state index in [-0.39, 0.29) is 5.69 Å². The summed E-state index contributed by atoms with van der Waals surface area (Å²) in [6.07, 6.45) is -0.219. The van der Waals surface area contributed by atoms with E-state index in [0.29, 0.717) is 19.5 Å². The molecule has 3 aromatic rings. The van der Waals surface area contributed by atoms with Gasteiger partial charge in [0.15, 0.2) is 0 Å². The maximum atomic E-state index is 12.7. The van der Waals surface area contributed by atoms with Crippen LogP contribution in [0.2, 0.25) is 0 Å². The van der Waals surface area contributed by atoms with Crippen LogP contribution in [0.1, 0.15) is 12.0 Å². The van der Waals surface area contributed by atoms with Crippen LogP contribution in [-0.2, 0) is 12.7 Å². The van der Waals surface area contributed by atoms with Gasteiger partial charge in [0.05, 0.1) is 5.56 Å². The lowest BCUT2D eigenvalue weighted by molar-refractivity contribution is -0.137. The molecule has 0 bridgehead atoms. The number of amides is 2. The molecular formula is C20H19F3N4O. The topological polar surface area (TPSA) is 59.0 Å². The molecule has 1 heterocycles. The molecule has 5 nitrogen and oxygen atoms in total. The second-order valence-corrected chi connectivity index (χ2v) is 6.12. The Morgan fingerprint density at radius 2 is 1.86 bits per heavy atom. The Morgan fingerprint density at radius 1 is 1.07 bits per heavy atom. The van der Waals surface area contributed by atoms with Crippen LogP contribution >= 0.6 is 0 Å². The van der Waals surface area contributed by atoms with Gasteiger partial charge in [-0.2, -0.15) is 13.2 Å². The molecule has 2 N–H and O–H groups in total. The number of carbonyl (C=O) groups is 1. The first-order valence-corrected chi connectivity index (χ1v) is 8.72. The van der Waals surface area contributed by atoms with E-state index in [9.17, 15) is 18.0 Å². The average molecular weight is 388 g/mol. The number of imidazole rings is 1. The lowest BCUT2D eigenvalue weighted by Gasteiger charge is -2.11. The van der Waals surface area contributed by atoms with Crippen LogP contribution in [0.25, 0.3) is 11.4 Å². The number of carbonyl (C=O) groups excluding carboxylic acids is 1. The van der Waals surface area contributed by atoms with Crippen molar-refractivity contribution in [2.75, 3.05) is 11.9 Å². The van der Waals surface area contributed by atoms with Gasteiger partial charge in [-0.15, -0.1) is 0 Å². The van der Waals surface area contributed by atoms with Crippen molar-refractivity contribution >= 4 is 11.7 Å². The maximum Gasteiger partial charge on any atom is 0.416 e. The number of rotatable bonds is 6. The van der Waals surface area contributed by atoms with Crippen molar-refractivity contribution in [1.29, 1.82) is 0 Å². The summed E-state index contributed by atoms with van der Waals surface area (Å²) in [5.41, 5.74) is 0.287. The number of alkyl halides is 3. The first-order valence-electron chi connectivity index (χ1n) is 8.72. The molecule has 146 valence electrons. The third-order valence-corrected chi connectivity index (χ3v) is 4.06. The van der Waals surface area contributed by atoms with Crippen LogP contribution in [0, 0.1) is 0 Å². The smallest absolute Gasteiger partial charge is 0.338 e. The monoisotopic (exact) mass is 388 g/mol. The zero-order valence-electron chi connectivity index (χ0n) is 14.9. The summed E-state index contributed by atoms with van der Waals surface area (Å²) in [7, 11) is 0. The molecule has 0 saturated heterocycles. The van der Waals surface area contributed by atoms with Gasteiger partial charge in [-0.1, -0.05) is 36.4 Å². The zero-order chi connectivity index (χ0) is 20.0. The highest BCUT2D eigenvalue weighted by molar-refractivity contribution is 5.89. The van der Waals surface area contributed by atoms with Gasteiger partial charge in [-0.3, -0.25) is 0 Å². The number of hydrogen-bond donors (Lipinski definition) is 2. The van der Waals surface area contributed by atoms with Crippen LogP contribution in [0.5, 0.6) is 0 Å². The van der Waals surface area contributed by atoms with Crippen molar-refractivity contribution in [2.24, 2.45) is 0 Å². The Morgan fingerprint density at radius 3 is 2.61 bits per heavy atom. The molecule has 0 aliphatic carbocycles. The number of nitrogens with one attached hydrogen (secondary N) is 2. The van der Waals surface area contributed by atoms with Crippen LogP contribution < -0.4 is 10.6 Å². The van der Waals surface area contributed by atoms with Crippen molar-refractivity contribution in [2.45, 2.75) is 19.1 Å². The quantitative estimate of drug-likeness (QED) is 0.597.